The zero-order chi connectivity index (χ0) is 19.8. The van der Waals surface area contributed by atoms with E-state index >= 15 is 0 Å². The molecule has 13 heteroatoms. The molecule has 0 bridgehead atoms. The number of rotatable bonds is 3. The van der Waals surface area contributed by atoms with Gasteiger partial charge in [-0.3, -0.25) is 9.59 Å². The molecular weight excluding hydrogens is 380 g/mol. The van der Waals surface area contributed by atoms with Crippen LogP contribution in [0.1, 0.15) is 0 Å². The molecule has 3 nitrogen and oxygen atoms in total. The Morgan fingerprint density at radius 3 is 1.24 bits per heavy atom. The van der Waals surface area contributed by atoms with Crippen molar-refractivity contribution in [2.24, 2.45) is 0 Å². The molecule has 25 heavy (non-hydrogen) atoms. The monoisotopic (exact) mass is 385 g/mol. The number of alkyl halides is 10. The fourth-order valence-corrected chi connectivity index (χ4v) is 1.43. The molecule has 140 valence electrons. The van der Waals surface area contributed by atoms with Crippen molar-refractivity contribution < 1.29 is 53.5 Å². The van der Waals surface area contributed by atoms with E-state index in [-0.39, 0.29) is 0 Å². The second kappa shape index (κ2) is 6.19. The van der Waals surface area contributed by atoms with Crippen LogP contribution in [0.4, 0.5) is 49.6 Å². The third kappa shape index (κ3) is 3.69. The first-order valence-corrected chi connectivity index (χ1v) is 5.88. The third-order valence-corrected chi connectivity index (χ3v) is 2.67. The van der Waals surface area contributed by atoms with Crippen molar-refractivity contribution in [1.29, 1.82) is 0 Å². The molecule has 1 rings (SSSR count). The van der Waals surface area contributed by atoms with Gasteiger partial charge in [-0.15, -0.1) is 0 Å². The number of imide groups is 1. The maximum absolute atomic E-state index is 13.1. The van der Waals surface area contributed by atoms with Crippen LogP contribution in [0, 0.1) is 0 Å². The van der Waals surface area contributed by atoms with Crippen LogP contribution in [0.3, 0.4) is 0 Å². The molecule has 0 saturated carbocycles. The summed E-state index contributed by atoms with van der Waals surface area (Å²) in [6.45, 7) is 0. The van der Waals surface area contributed by atoms with Crippen LogP contribution in [0.2, 0.25) is 0 Å². The van der Waals surface area contributed by atoms with Crippen LogP contribution in [0.25, 0.3) is 0 Å². The molecule has 1 aromatic rings. The van der Waals surface area contributed by atoms with E-state index in [1.165, 1.54) is 0 Å². The van der Waals surface area contributed by atoms with Crippen molar-refractivity contribution >= 4 is 17.5 Å². The van der Waals surface area contributed by atoms with Crippen LogP contribution in [0.15, 0.2) is 30.3 Å². The lowest BCUT2D eigenvalue weighted by Gasteiger charge is -2.29. The second-order valence-corrected chi connectivity index (χ2v) is 4.43. The van der Waals surface area contributed by atoms with Gasteiger partial charge in [-0.2, -0.15) is 43.9 Å². The Morgan fingerprint density at radius 2 is 0.960 bits per heavy atom. The molecule has 2 amide bonds. The zero-order valence-corrected chi connectivity index (χ0v) is 11.4. The van der Waals surface area contributed by atoms with Gasteiger partial charge in [-0.25, -0.2) is 4.90 Å². The Balaban J connectivity index is 3.54. The zero-order valence-electron chi connectivity index (χ0n) is 11.4. The molecule has 0 fully saturated rings. The summed E-state index contributed by atoms with van der Waals surface area (Å²) in [5.41, 5.74) is -1.33. The molecule has 0 saturated heterocycles. The molecule has 0 heterocycles. The van der Waals surface area contributed by atoms with Gasteiger partial charge in [0.25, 0.3) is 0 Å². The Bertz CT molecular complexity index is 612. The predicted octanol–water partition coefficient (Wildman–Crippen LogP) is 3.94. The Kier molecular flexibility index (Phi) is 5.12. The molecule has 0 atom stereocenters. The van der Waals surface area contributed by atoms with E-state index in [1.54, 1.807) is 0 Å². The van der Waals surface area contributed by atoms with E-state index in [2.05, 4.69) is 0 Å². The molecule has 0 aromatic heterocycles. The summed E-state index contributed by atoms with van der Waals surface area (Å²) in [4.78, 5) is 21.2. The Hall–Kier alpha value is -2.34. The van der Waals surface area contributed by atoms with Gasteiger partial charge in [0.15, 0.2) is 0 Å². The molecule has 0 unspecified atom stereocenters. The maximum atomic E-state index is 13.1. The molecule has 0 spiro atoms. The summed E-state index contributed by atoms with van der Waals surface area (Å²) in [6, 6.07) is 3.53. The topological polar surface area (TPSA) is 37.4 Å². The van der Waals surface area contributed by atoms with E-state index in [4.69, 9.17) is 0 Å². The summed E-state index contributed by atoms with van der Waals surface area (Å²) in [5, 5.41) is 0. The molecular formula is C12H5F10NO2. The number of para-hydroxylation sites is 1. The van der Waals surface area contributed by atoms with Gasteiger partial charge in [0.1, 0.15) is 0 Å². The molecule has 0 N–H and O–H groups in total. The van der Waals surface area contributed by atoms with Gasteiger partial charge in [-0.1, -0.05) is 18.2 Å². The number of benzene rings is 1. The normalized spacial score (nSPS) is 13.5. The fraction of sp³-hybridized carbons (Fsp3) is 0.333. The molecule has 0 aliphatic heterocycles. The highest BCUT2D eigenvalue weighted by molar-refractivity contribution is 6.19. The summed E-state index contributed by atoms with van der Waals surface area (Å²) >= 11 is 0. The quantitative estimate of drug-likeness (QED) is 0.740. The number of hydrogen-bond donors (Lipinski definition) is 0. The molecule has 0 aliphatic rings. The standard InChI is InChI=1S/C12H5F10NO2/c13-9(14,11(17,18)19)7(24)23(6-4-2-1-3-5-6)8(25)10(15,16)12(20,21)22/h1-5H. The maximum Gasteiger partial charge on any atom is 0.463 e. The summed E-state index contributed by atoms with van der Waals surface area (Å²) in [6.07, 6.45) is -13.3. The minimum absolute atomic E-state index is 0.425. The van der Waals surface area contributed by atoms with Gasteiger partial charge in [0.2, 0.25) is 0 Å². The lowest BCUT2D eigenvalue weighted by atomic mass is 10.1. The Morgan fingerprint density at radius 1 is 0.640 bits per heavy atom. The van der Waals surface area contributed by atoms with Gasteiger partial charge >= 0.3 is 36.0 Å². The third-order valence-electron chi connectivity index (χ3n) is 2.67. The highest BCUT2D eigenvalue weighted by Gasteiger charge is 2.70. The average Bonchev–Trinajstić information content (AvgIpc) is 2.45. The first kappa shape index (κ1) is 20.7. The minimum atomic E-state index is -6.63. The van der Waals surface area contributed by atoms with E-state index < -0.39 is 46.6 Å². The second-order valence-electron chi connectivity index (χ2n) is 4.43. The van der Waals surface area contributed by atoms with Gasteiger partial charge in [0, 0.05) is 0 Å². The highest BCUT2D eigenvalue weighted by Crippen LogP contribution is 2.41. The van der Waals surface area contributed by atoms with E-state index in [0.717, 1.165) is 18.2 Å². The van der Waals surface area contributed by atoms with E-state index in [1.807, 2.05) is 0 Å². The van der Waals surface area contributed by atoms with Crippen molar-refractivity contribution in [3.05, 3.63) is 30.3 Å². The summed E-state index contributed by atoms with van der Waals surface area (Å²) in [7, 11) is 0. The van der Waals surface area contributed by atoms with Crippen LogP contribution in [0.5, 0.6) is 0 Å². The van der Waals surface area contributed by atoms with Crippen molar-refractivity contribution in [3.63, 3.8) is 0 Å². The Labute approximate surface area is 131 Å². The van der Waals surface area contributed by atoms with Gasteiger partial charge in [-0.05, 0) is 12.1 Å². The number of amides is 2. The van der Waals surface area contributed by atoms with Gasteiger partial charge < -0.3 is 0 Å². The van der Waals surface area contributed by atoms with Crippen molar-refractivity contribution in [2.75, 3.05) is 4.90 Å². The van der Waals surface area contributed by atoms with E-state index in [9.17, 15) is 53.5 Å². The van der Waals surface area contributed by atoms with Gasteiger partial charge in [0.05, 0.1) is 5.69 Å². The average molecular weight is 385 g/mol. The fourth-order valence-electron chi connectivity index (χ4n) is 1.43. The molecule has 0 radical (unpaired) electrons. The van der Waals surface area contributed by atoms with Crippen LogP contribution < -0.4 is 4.90 Å². The van der Waals surface area contributed by atoms with E-state index in [0.29, 0.717) is 12.1 Å². The van der Waals surface area contributed by atoms with Crippen LogP contribution >= 0.6 is 0 Å². The lowest BCUT2D eigenvalue weighted by Crippen LogP contribution is -2.60. The molecule has 1 aromatic carbocycles. The number of nitrogens with zero attached hydrogens (tertiary/aromatic N) is 1. The SMILES string of the molecule is O=C(N(C(=O)C(F)(F)C(F)(F)F)c1ccccc1)C(F)(F)C(F)(F)F. The van der Waals surface area contributed by atoms with Crippen molar-refractivity contribution in [1.82, 2.24) is 0 Å². The summed E-state index contributed by atoms with van der Waals surface area (Å²) < 4.78 is 126. The number of anilines is 1. The minimum Gasteiger partial charge on any atom is -0.267 e. The van der Waals surface area contributed by atoms with Crippen LogP contribution in [-0.2, 0) is 9.59 Å². The number of hydrogen-bond acceptors (Lipinski definition) is 2. The molecule has 0 aliphatic carbocycles. The summed E-state index contributed by atoms with van der Waals surface area (Å²) in [5.74, 6) is -20.0. The van der Waals surface area contributed by atoms with Crippen molar-refractivity contribution in [3.8, 4) is 0 Å². The number of halogens is 10. The number of carbonyl (C=O) groups is 2. The highest BCUT2D eigenvalue weighted by atomic mass is 19.4. The number of carbonyl (C=O) groups excluding carboxylic acids is 2. The van der Waals surface area contributed by atoms with Crippen molar-refractivity contribution in [2.45, 2.75) is 24.2 Å². The largest absolute Gasteiger partial charge is 0.463 e. The van der Waals surface area contributed by atoms with Crippen LogP contribution in [-0.4, -0.2) is 36.0 Å². The smallest absolute Gasteiger partial charge is 0.267 e. The first-order chi connectivity index (χ1) is 11.0. The first-order valence-electron chi connectivity index (χ1n) is 5.88. The predicted molar refractivity (Wildman–Crippen MR) is 60.9 cm³/mol. The lowest BCUT2D eigenvalue weighted by molar-refractivity contribution is -0.273.